The van der Waals surface area contributed by atoms with Gasteiger partial charge in [-0.25, -0.2) is 0 Å². The van der Waals surface area contributed by atoms with E-state index < -0.39 is 0 Å². The van der Waals surface area contributed by atoms with Gasteiger partial charge in [0.2, 0.25) is 0 Å². The molecule has 0 saturated carbocycles. The Kier molecular flexibility index (Phi) is 5.29. The Bertz CT molecular complexity index is 194. The molecule has 0 fully saturated rings. The van der Waals surface area contributed by atoms with Gasteiger partial charge in [-0.15, -0.1) is 0 Å². The first-order chi connectivity index (χ1) is 5.84. The molecule has 0 spiro atoms. The van der Waals surface area contributed by atoms with E-state index in [9.17, 15) is 0 Å². The zero-order valence-corrected chi connectivity index (χ0v) is 11.3. The SMILES string of the molecule is CCCCCCC1=C(Br)[SeH2]C=C1. The summed E-state index contributed by atoms with van der Waals surface area (Å²) in [6.07, 6.45) is 9.11. The maximum atomic E-state index is 3.65. The Morgan fingerprint density at radius 3 is 2.75 bits per heavy atom. The first-order valence-corrected chi connectivity index (χ1v) is 7.71. The van der Waals surface area contributed by atoms with Crippen LogP contribution in [0.5, 0.6) is 0 Å². The van der Waals surface area contributed by atoms with Gasteiger partial charge in [0.15, 0.2) is 0 Å². The van der Waals surface area contributed by atoms with Crippen molar-refractivity contribution >= 4 is 30.9 Å². The normalized spacial score (nSPS) is 19.5. The van der Waals surface area contributed by atoms with Crippen molar-refractivity contribution in [2.24, 2.45) is 0 Å². The number of allylic oxidation sites excluding steroid dienone is 2. The van der Waals surface area contributed by atoms with Crippen molar-refractivity contribution in [3.63, 3.8) is 0 Å². The van der Waals surface area contributed by atoms with E-state index in [4.69, 9.17) is 0 Å². The van der Waals surface area contributed by atoms with Gasteiger partial charge in [-0.05, 0) is 0 Å². The van der Waals surface area contributed by atoms with E-state index in [-0.39, 0.29) is 15.0 Å². The Hall–Kier alpha value is 0.479. The molecular weight excluding hydrogens is 279 g/mol. The third-order valence-corrected chi connectivity index (χ3v) is 5.68. The molecule has 0 unspecified atom stereocenters. The van der Waals surface area contributed by atoms with Gasteiger partial charge >= 0.3 is 89.9 Å². The van der Waals surface area contributed by atoms with E-state index in [0.717, 1.165) is 0 Å². The van der Waals surface area contributed by atoms with Crippen LogP contribution in [0.3, 0.4) is 0 Å². The molecule has 0 N–H and O–H groups in total. The first-order valence-electron chi connectivity index (χ1n) is 4.66. The van der Waals surface area contributed by atoms with Crippen LogP contribution >= 0.6 is 15.9 Å². The van der Waals surface area contributed by atoms with Gasteiger partial charge in [0.25, 0.3) is 0 Å². The molecule has 0 aromatic rings. The van der Waals surface area contributed by atoms with Crippen molar-refractivity contribution in [3.8, 4) is 0 Å². The second-order valence-corrected chi connectivity index (χ2v) is 7.81. The second-order valence-electron chi connectivity index (χ2n) is 3.13. The van der Waals surface area contributed by atoms with Crippen LogP contribution in [-0.2, 0) is 0 Å². The van der Waals surface area contributed by atoms with Gasteiger partial charge in [0.1, 0.15) is 0 Å². The molecule has 1 rings (SSSR count). The third kappa shape index (κ3) is 3.47. The van der Waals surface area contributed by atoms with Gasteiger partial charge in [0.05, 0.1) is 0 Å². The molecule has 1 heterocycles. The average molecular weight is 296 g/mol. The van der Waals surface area contributed by atoms with Crippen LogP contribution in [0.1, 0.15) is 39.0 Å². The molecule has 0 saturated heterocycles. The van der Waals surface area contributed by atoms with Crippen molar-refractivity contribution in [1.29, 1.82) is 0 Å². The van der Waals surface area contributed by atoms with Crippen LogP contribution < -0.4 is 0 Å². The molecule has 0 atom stereocenters. The van der Waals surface area contributed by atoms with Crippen LogP contribution in [0.2, 0.25) is 0 Å². The number of halogens is 1. The minimum atomic E-state index is 0.108. The quantitative estimate of drug-likeness (QED) is 0.539. The fraction of sp³-hybridized carbons (Fsp3) is 0.600. The number of hydrogen-bond donors (Lipinski definition) is 0. The first kappa shape index (κ1) is 10.6. The van der Waals surface area contributed by atoms with E-state index in [0.29, 0.717) is 0 Å². The molecule has 0 radical (unpaired) electrons. The second kappa shape index (κ2) is 6.01. The van der Waals surface area contributed by atoms with Crippen molar-refractivity contribution in [2.45, 2.75) is 39.0 Å². The number of unbranched alkanes of at least 4 members (excludes halogenated alkanes) is 3. The summed E-state index contributed by atoms with van der Waals surface area (Å²) in [5.74, 6) is 0. The summed E-state index contributed by atoms with van der Waals surface area (Å²) in [5.41, 5.74) is 1.58. The summed E-state index contributed by atoms with van der Waals surface area (Å²) >= 11 is 3.75. The van der Waals surface area contributed by atoms with Gasteiger partial charge in [-0.1, -0.05) is 0 Å². The van der Waals surface area contributed by atoms with E-state index in [1.807, 2.05) is 0 Å². The van der Waals surface area contributed by atoms with Crippen LogP contribution in [0.15, 0.2) is 20.0 Å². The topological polar surface area (TPSA) is 0 Å². The Morgan fingerprint density at radius 2 is 2.17 bits per heavy atom. The third-order valence-electron chi connectivity index (χ3n) is 2.08. The molecule has 0 nitrogen and oxygen atoms in total. The summed E-state index contributed by atoms with van der Waals surface area (Å²) < 4.78 is 1.53. The molecule has 0 aliphatic carbocycles. The fourth-order valence-electron chi connectivity index (χ4n) is 1.32. The predicted molar refractivity (Wildman–Crippen MR) is 62.4 cm³/mol. The Labute approximate surface area is 89.8 Å². The molecule has 12 heavy (non-hydrogen) atoms. The molecular formula is C10H17BrSe. The monoisotopic (exact) mass is 296 g/mol. The van der Waals surface area contributed by atoms with E-state index >= 15 is 0 Å². The summed E-state index contributed by atoms with van der Waals surface area (Å²) in [5, 5.41) is 0. The molecule has 0 aromatic heterocycles. The fourth-order valence-corrected chi connectivity index (χ4v) is 4.06. The van der Waals surface area contributed by atoms with Crippen molar-refractivity contribution in [3.05, 3.63) is 20.0 Å². The standard InChI is InChI=1S/C10H17BrSe/c1-2-3-4-5-6-9-7-8-12-10(9)11/h7-8H,2-6,12H2,1H3. The molecule has 2 heteroatoms. The Morgan fingerprint density at radius 1 is 1.33 bits per heavy atom. The molecule has 0 bridgehead atoms. The zero-order chi connectivity index (χ0) is 8.81. The number of hydrogen-bond acceptors (Lipinski definition) is 0. The van der Waals surface area contributed by atoms with Crippen molar-refractivity contribution < 1.29 is 0 Å². The molecule has 0 amide bonds. The van der Waals surface area contributed by atoms with Crippen LogP contribution in [0, 0.1) is 0 Å². The predicted octanol–water partition coefficient (Wildman–Crippen LogP) is 3.26. The minimum absolute atomic E-state index is 0.108. The van der Waals surface area contributed by atoms with Gasteiger partial charge in [-0.3, -0.25) is 0 Å². The zero-order valence-electron chi connectivity index (χ0n) is 7.57. The van der Waals surface area contributed by atoms with Crippen LogP contribution in [0.4, 0.5) is 0 Å². The molecule has 1 aliphatic rings. The van der Waals surface area contributed by atoms with E-state index in [2.05, 4.69) is 33.9 Å². The summed E-state index contributed by atoms with van der Waals surface area (Å²) in [6.45, 7) is 2.26. The maximum absolute atomic E-state index is 3.65. The van der Waals surface area contributed by atoms with E-state index in [1.165, 1.54) is 35.5 Å². The van der Waals surface area contributed by atoms with Gasteiger partial charge in [-0.2, -0.15) is 0 Å². The number of rotatable bonds is 5. The van der Waals surface area contributed by atoms with Gasteiger partial charge < -0.3 is 0 Å². The van der Waals surface area contributed by atoms with Crippen molar-refractivity contribution in [2.75, 3.05) is 0 Å². The molecule has 1 aliphatic heterocycles. The summed E-state index contributed by atoms with van der Waals surface area (Å²) in [6, 6.07) is 0. The summed E-state index contributed by atoms with van der Waals surface area (Å²) in [4.78, 5) is 2.36. The van der Waals surface area contributed by atoms with Crippen LogP contribution in [0.25, 0.3) is 0 Å². The average Bonchev–Trinajstić information content (AvgIpc) is 2.46. The molecule has 0 aromatic carbocycles. The van der Waals surface area contributed by atoms with Crippen LogP contribution in [-0.4, -0.2) is 15.0 Å². The van der Waals surface area contributed by atoms with Gasteiger partial charge in [0, 0.05) is 0 Å². The van der Waals surface area contributed by atoms with E-state index in [1.54, 1.807) is 5.57 Å². The molecule has 70 valence electrons. The Balaban J connectivity index is 2.14. The van der Waals surface area contributed by atoms with Crippen molar-refractivity contribution in [1.82, 2.24) is 0 Å². The summed E-state index contributed by atoms with van der Waals surface area (Å²) in [7, 11) is 0.